The van der Waals surface area contributed by atoms with E-state index in [1.54, 1.807) is 6.08 Å². The average molecular weight is 321 g/mol. The Balaban J connectivity index is 1.63. The van der Waals surface area contributed by atoms with E-state index in [1.807, 2.05) is 54.6 Å². The summed E-state index contributed by atoms with van der Waals surface area (Å²) in [5.74, 6) is -1.30. The average Bonchev–Trinajstić information content (AvgIpc) is 2.98. The van der Waals surface area contributed by atoms with E-state index in [2.05, 4.69) is 0 Å². The molecule has 22 heavy (non-hydrogen) atoms. The predicted octanol–water partition coefficient (Wildman–Crippen LogP) is 5.59. The van der Waals surface area contributed by atoms with Gasteiger partial charge in [0.25, 0.3) is 5.92 Å². The smallest absolute Gasteiger partial charge is 0.272 e. The van der Waals surface area contributed by atoms with Gasteiger partial charge in [0, 0.05) is 6.42 Å². The first kappa shape index (κ1) is 15.0. The molecule has 114 valence electrons. The second kappa shape index (κ2) is 5.73. The molecule has 1 saturated carbocycles. The van der Waals surface area contributed by atoms with Gasteiger partial charge >= 0.3 is 0 Å². The fourth-order valence-corrected chi connectivity index (χ4v) is 2.46. The number of allylic oxidation sites excluding steroid dienone is 2. The Morgan fingerprint density at radius 2 is 1.73 bits per heavy atom. The Morgan fingerprint density at radius 1 is 1.05 bits per heavy atom. The lowest BCUT2D eigenvalue weighted by Crippen LogP contribution is -2.06. The lowest BCUT2D eigenvalue weighted by Gasteiger charge is -2.07. The van der Waals surface area contributed by atoms with Gasteiger partial charge in [0.1, 0.15) is 16.4 Å². The van der Waals surface area contributed by atoms with Gasteiger partial charge in [-0.15, -0.1) is 11.6 Å². The van der Waals surface area contributed by atoms with Crippen LogP contribution in [0.1, 0.15) is 12.0 Å². The standard InChI is InChI=1S/C18H15ClF2O/c19-17(13-18(17,20)21)11-5-7-14-6-4-10-16(12-14)22-15-8-2-1-3-9-15/h1-6,8-12H,7,13H2/b11-5+. The summed E-state index contributed by atoms with van der Waals surface area (Å²) in [7, 11) is 0. The van der Waals surface area contributed by atoms with Crippen molar-refractivity contribution in [3.63, 3.8) is 0 Å². The minimum atomic E-state index is -2.77. The molecule has 0 radical (unpaired) electrons. The van der Waals surface area contributed by atoms with Crippen LogP contribution in [-0.4, -0.2) is 10.8 Å². The molecule has 4 heteroatoms. The van der Waals surface area contributed by atoms with Crippen LogP contribution in [0.15, 0.2) is 66.7 Å². The highest BCUT2D eigenvalue weighted by molar-refractivity contribution is 6.28. The number of rotatable bonds is 5. The summed E-state index contributed by atoms with van der Waals surface area (Å²) in [5.41, 5.74) is 0.980. The molecule has 0 bridgehead atoms. The van der Waals surface area contributed by atoms with E-state index in [-0.39, 0.29) is 6.42 Å². The summed E-state index contributed by atoms with van der Waals surface area (Å²) in [6, 6.07) is 17.0. The molecular formula is C18H15ClF2O. The lowest BCUT2D eigenvalue weighted by atomic mass is 10.1. The number of para-hydroxylation sites is 1. The highest BCUT2D eigenvalue weighted by Crippen LogP contribution is 2.58. The minimum Gasteiger partial charge on any atom is -0.457 e. The molecule has 1 aliphatic rings. The molecule has 1 unspecified atom stereocenters. The second-order valence-corrected chi connectivity index (χ2v) is 6.09. The second-order valence-electron chi connectivity index (χ2n) is 5.41. The van der Waals surface area contributed by atoms with Gasteiger partial charge in [0.05, 0.1) is 0 Å². The third-order valence-electron chi connectivity index (χ3n) is 3.58. The van der Waals surface area contributed by atoms with E-state index in [4.69, 9.17) is 16.3 Å². The van der Waals surface area contributed by atoms with Crippen LogP contribution in [0.5, 0.6) is 11.5 Å². The summed E-state index contributed by atoms with van der Waals surface area (Å²) in [6.45, 7) is 0. The maximum absolute atomic E-state index is 13.0. The normalized spacial score (nSPS) is 22.7. The first-order valence-corrected chi connectivity index (χ1v) is 7.43. The Bertz CT molecular complexity index is 684. The number of hydrogen-bond acceptors (Lipinski definition) is 1. The molecule has 0 spiro atoms. The monoisotopic (exact) mass is 320 g/mol. The van der Waals surface area contributed by atoms with Crippen molar-refractivity contribution in [1.82, 2.24) is 0 Å². The van der Waals surface area contributed by atoms with Crippen LogP contribution in [0.25, 0.3) is 0 Å². The van der Waals surface area contributed by atoms with E-state index in [0.29, 0.717) is 6.42 Å². The molecule has 0 heterocycles. The molecule has 0 amide bonds. The summed E-state index contributed by atoms with van der Waals surface area (Å²) >= 11 is 5.78. The fraction of sp³-hybridized carbons (Fsp3) is 0.222. The third-order valence-corrected chi connectivity index (χ3v) is 4.11. The molecular weight excluding hydrogens is 306 g/mol. The Kier molecular flexibility index (Phi) is 3.92. The van der Waals surface area contributed by atoms with Gasteiger partial charge in [-0.05, 0) is 36.2 Å². The van der Waals surface area contributed by atoms with Gasteiger partial charge in [0.15, 0.2) is 0 Å². The molecule has 1 aliphatic carbocycles. The summed E-state index contributed by atoms with van der Waals surface area (Å²) in [4.78, 5) is -1.48. The minimum absolute atomic E-state index is 0.283. The molecule has 1 atom stereocenters. The first-order chi connectivity index (χ1) is 10.5. The van der Waals surface area contributed by atoms with Gasteiger partial charge in [-0.1, -0.05) is 42.5 Å². The van der Waals surface area contributed by atoms with Crippen LogP contribution >= 0.6 is 11.6 Å². The molecule has 0 saturated heterocycles. The molecule has 2 aromatic carbocycles. The van der Waals surface area contributed by atoms with Crippen molar-refractivity contribution in [2.24, 2.45) is 0 Å². The number of halogens is 3. The fourth-order valence-electron chi connectivity index (χ4n) is 2.20. The SMILES string of the molecule is FC1(F)CC1(Cl)/C=C/Cc1cccc(Oc2ccccc2)c1. The van der Waals surface area contributed by atoms with Crippen molar-refractivity contribution in [2.75, 3.05) is 0 Å². The van der Waals surface area contributed by atoms with Crippen LogP contribution in [0.2, 0.25) is 0 Å². The highest BCUT2D eigenvalue weighted by atomic mass is 35.5. The zero-order valence-electron chi connectivity index (χ0n) is 11.8. The number of hydrogen-bond donors (Lipinski definition) is 0. The topological polar surface area (TPSA) is 9.23 Å². The molecule has 1 nitrogen and oxygen atoms in total. The van der Waals surface area contributed by atoms with Crippen molar-refractivity contribution < 1.29 is 13.5 Å². The summed E-state index contributed by atoms with van der Waals surface area (Å²) in [6.07, 6.45) is 3.35. The van der Waals surface area contributed by atoms with Gasteiger partial charge in [-0.2, -0.15) is 0 Å². The maximum atomic E-state index is 13.0. The summed E-state index contributed by atoms with van der Waals surface area (Å²) < 4.78 is 31.8. The lowest BCUT2D eigenvalue weighted by molar-refractivity contribution is 0.112. The zero-order chi connectivity index (χ0) is 15.6. The molecule has 3 rings (SSSR count). The molecule has 1 fully saturated rings. The van der Waals surface area contributed by atoms with Crippen LogP contribution in [-0.2, 0) is 6.42 Å². The van der Waals surface area contributed by atoms with Crippen molar-refractivity contribution in [3.8, 4) is 11.5 Å². The van der Waals surface area contributed by atoms with Crippen LogP contribution < -0.4 is 4.74 Å². The molecule has 0 aromatic heterocycles. The molecule has 0 N–H and O–H groups in total. The third kappa shape index (κ3) is 3.30. The van der Waals surface area contributed by atoms with Gasteiger partial charge in [-0.3, -0.25) is 0 Å². The number of benzene rings is 2. The zero-order valence-corrected chi connectivity index (χ0v) is 12.6. The van der Waals surface area contributed by atoms with E-state index >= 15 is 0 Å². The number of ether oxygens (including phenoxy) is 1. The Hall–Kier alpha value is -1.87. The molecule has 0 aliphatic heterocycles. The number of alkyl halides is 3. The van der Waals surface area contributed by atoms with E-state index in [9.17, 15) is 8.78 Å². The first-order valence-electron chi connectivity index (χ1n) is 7.05. The van der Waals surface area contributed by atoms with Crippen molar-refractivity contribution in [1.29, 1.82) is 0 Å². The molecule has 2 aromatic rings. The van der Waals surface area contributed by atoms with Gasteiger partial charge in [0.2, 0.25) is 0 Å². The quantitative estimate of drug-likeness (QED) is 0.515. The van der Waals surface area contributed by atoms with E-state index in [0.717, 1.165) is 17.1 Å². The maximum Gasteiger partial charge on any atom is 0.272 e. The summed E-state index contributed by atoms with van der Waals surface area (Å²) in [5, 5.41) is 0. The van der Waals surface area contributed by atoms with Crippen LogP contribution in [0, 0.1) is 0 Å². The van der Waals surface area contributed by atoms with Crippen LogP contribution in [0.3, 0.4) is 0 Å². The van der Waals surface area contributed by atoms with Gasteiger partial charge < -0.3 is 4.74 Å². The Morgan fingerprint density at radius 3 is 2.41 bits per heavy atom. The van der Waals surface area contributed by atoms with E-state index in [1.165, 1.54) is 6.08 Å². The van der Waals surface area contributed by atoms with Crippen LogP contribution in [0.4, 0.5) is 8.78 Å². The predicted molar refractivity (Wildman–Crippen MR) is 84.0 cm³/mol. The van der Waals surface area contributed by atoms with Crippen molar-refractivity contribution in [3.05, 3.63) is 72.3 Å². The van der Waals surface area contributed by atoms with Gasteiger partial charge in [-0.25, -0.2) is 8.78 Å². The Labute approximate surface area is 133 Å². The highest BCUT2D eigenvalue weighted by Gasteiger charge is 2.69. The van der Waals surface area contributed by atoms with E-state index < -0.39 is 10.8 Å². The van der Waals surface area contributed by atoms with Crippen molar-refractivity contribution >= 4 is 11.6 Å². The largest absolute Gasteiger partial charge is 0.457 e. The van der Waals surface area contributed by atoms with Crippen molar-refractivity contribution in [2.45, 2.75) is 23.6 Å².